The van der Waals surface area contributed by atoms with Crippen molar-refractivity contribution in [2.45, 2.75) is 131 Å². The van der Waals surface area contributed by atoms with E-state index < -0.39 is 39.2 Å². The van der Waals surface area contributed by atoms with Crippen LogP contribution in [-0.4, -0.2) is 94.8 Å². The third kappa shape index (κ3) is 36.0. The highest BCUT2D eigenvalue weighted by molar-refractivity contribution is 7.88. The van der Waals surface area contributed by atoms with E-state index >= 15 is 0 Å². The molecule has 0 aliphatic carbocycles. The molecule has 0 aliphatic rings. The molecule has 0 saturated carbocycles. The Morgan fingerprint density at radius 1 is 0.457 bits per heavy atom. The van der Waals surface area contributed by atoms with Gasteiger partial charge in [-0.3, -0.25) is 33.6 Å². The molecule has 0 spiro atoms. The predicted molar refractivity (Wildman–Crippen MR) is 484 cm³/mol. The van der Waals surface area contributed by atoms with E-state index in [0.29, 0.717) is 96.3 Å². The first-order chi connectivity index (χ1) is 59.5. The van der Waals surface area contributed by atoms with Gasteiger partial charge in [0, 0.05) is 59.8 Å². The van der Waals surface area contributed by atoms with Gasteiger partial charge in [-0.1, -0.05) is 173 Å². The largest absolute Gasteiger partial charge is 0.534 e. The average Bonchev–Trinajstić information content (AvgIpc) is 1.80. The van der Waals surface area contributed by atoms with Crippen LogP contribution in [0.25, 0.3) is 11.4 Å². The Labute approximate surface area is 776 Å². The molecule has 0 saturated heterocycles. The molecule has 11 aromatic rings. The van der Waals surface area contributed by atoms with Gasteiger partial charge in [0.25, 0.3) is 0 Å². The zero-order valence-electron chi connectivity index (χ0n) is 69.0. The van der Waals surface area contributed by atoms with Crippen LogP contribution in [0.1, 0.15) is 157 Å². The molecule has 0 aliphatic heterocycles. The summed E-state index contributed by atoms with van der Waals surface area (Å²) in [6.45, 7) is 15.5. The number of carbonyl (C=O) groups excluding carboxylic acids is 5. The number of alkyl halides is 3. The molecule has 664 valence electrons. The second kappa shape index (κ2) is 51.8. The molecule has 6 N–H and O–H groups in total. The van der Waals surface area contributed by atoms with Crippen molar-refractivity contribution in [3.05, 3.63) is 317 Å². The van der Waals surface area contributed by atoms with E-state index in [4.69, 9.17) is 152 Å². The monoisotopic (exact) mass is 1930 g/mol. The van der Waals surface area contributed by atoms with Crippen molar-refractivity contribution < 1.29 is 79.8 Å². The Bertz CT molecular complexity index is 5960. The number of carbonyl (C=O) groups is 7. The molecule has 0 radical (unpaired) electrons. The van der Waals surface area contributed by atoms with Crippen LogP contribution in [0.5, 0.6) is 17.2 Å². The Morgan fingerprint density at radius 3 is 1.14 bits per heavy atom. The lowest BCUT2D eigenvalue weighted by molar-refractivity contribution is -0.138. The SMILES string of the molecule is CC(=O)C(C)c1ccc(C#N)c(Cl)c1.CC(=O)Cc1ccc(C#N)c(Cl)c1.CC(=O)Cc1ccc(O)c(Cl)c1.CC(=O)Cc1ccc(OS(=O)(=O)C(F)(F)F)c(Cl)c1.CC(C(=O)O)c1ccc(C#N)c(Cl)c1.Cc1cc(CCC(=O)C(C)c2ccc(C#N)c(Cl)c2)n(-c2cccc(Cl)c2)n1.Cc1cc(CN)n(-c2cccc(Cl)c2)n1.O=C(O)Cc1ccc(O)c(Cl)c1. The van der Waals surface area contributed by atoms with Gasteiger partial charge in [0.05, 0.1) is 98.2 Å². The number of Topliss-reactive ketones (excluding diaryl/α,β-unsaturated/α-hetero) is 5. The third-order valence-electron chi connectivity index (χ3n) is 17.4. The Hall–Kier alpha value is -11.6. The molecule has 3 atom stereocenters. The molecular formula is C91H81Cl9F3N9O14S. The van der Waals surface area contributed by atoms with Crippen molar-refractivity contribution in [1.82, 2.24) is 19.6 Å². The summed E-state index contributed by atoms with van der Waals surface area (Å²) in [6, 6.07) is 59.2. The topological polar surface area (TPSA) is 401 Å². The zero-order chi connectivity index (χ0) is 95.5. The van der Waals surface area contributed by atoms with Gasteiger partial charge in [-0.2, -0.15) is 52.8 Å². The summed E-state index contributed by atoms with van der Waals surface area (Å²) in [5, 5.41) is 81.9. The number of aromatic nitrogens is 4. The molecule has 0 fully saturated rings. The summed E-state index contributed by atoms with van der Waals surface area (Å²) >= 11 is 52.3. The maximum atomic E-state index is 12.7. The summed E-state index contributed by atoms with van der Waals surface area (Å²) < 4.78 is 65.4. The van der Waals surface area contributed by atoms with Gasteiger partial charge in [-0.05, 0) is 227 Å². The maximum Gasteiger partial charge on any atom is 0.534 e. The van der Waals surface area contributed by atoms with Crippen LogP contribution < -0.4 is 9.92 Å². The van der Waals surface area contributed by atoms with Crippen molar-refractivity contribution in [1.29, 1.82) is 21.0 Å². The van der Waals surface area contributed by atoms with E-state index in [1.165, 1.54) is 76.2 Å². The highest BCUT2D eigenvalue weighted by Crippen LogP contribution is 2.34. The van der Waals surface area contributed by atoms with E-state index in [0.717, 1.165) is 62.5 Å². The number of hydrogen-bond donors (Lipinski definition) is 5. The third-order valence-corrected chi connectivity index (χ3v) is 21.0. The fraction of sp³-hybridized carbons (Fsp3) is 0.220. The summed E-state index contributed by atoms with van der Waals surface area (Å²) in [7, 11) is -5.76. The van der Waals surface area contributed by atoms with Crippen LogP contribution in [0.4, 0.5) is 13.2 Å². The second-order valence-corrected chi connectivity index (χ2v) is 32.9. The van der Waals surface area contributed by atoms with Crippen LogP contribution in [-0.2, 0) is 82.3 Å². The van der Waals surface area contributed by atoms with Gasteiger partial charge in [0.15, 0.2) is 5.75 Å². The lowest BCUT2D eigenvalue weighted by atomic mass is 9.93. The predicted octanol–water partition coefficient (Wildman–Crippen LogP) is 22.2. The van der Waals surface area contributed by atoms with Crippen molar-refractivity contribution in [3.63, 3.8) is 0 Å². The standard InChI is InChI=1S/C22H19Cl2N3O.C11H12ClN3.C11H10ClNO.C10H8ClF3O4S.C10H8ClNO2.C10H8ClNO.C9H9ClO2.C8H7ClO3/c1-14-10-20(27(26-14)19-5-3-4-18(23)12-19)8-9-22(28)15(2)16-6-7-17(13-25)21(24)11-16;1-8-5-11(7-13)15(14-8)10-4-2-3-9(12)6-10;1-7(8(2)14)9-3-4-10(6-13)11(12)5-9;1-6(15)4-7-2-3-9(8(11)5-7)18-19(16,17)10(12,13)14;1-6(10(13)14)7-2-3-8(5-12)9(11)4-7;1-7(13)4-8-2-3-9(6-12)10(11)5-8;1-6(11)4-7-2-3-9(12)8(10)5-7;9-6-3-5(4-8(11)12)1-2-7(6)10/h3-7,10-12,15H,8-9H2,1-2H3;2-6H,7,13H2,1H3;3-5,7H,1-2H3;2-3,5H,4H2,1H3;2-4,6H,1H3,(H,13,14);2-3,5H,4H2,1H3;2-3,5,12H,4H2,1H3;1-3,10H,4H2,(H,11,12). The molecule has 11 rings (SSSR count). The molecule has 0 amide bonds. The minimum atomic E-state index is -5.76. The van der Waals surface area contributed by atoms with Crippen LogP contribution in [0.3, 0.4) is 0 Å². The number of benzene rings is 9. The van der Waals surface area contributed by atoms with Crippen molar-refractivity contribution in [2.24, 2.45) is 5.73 Å². The van der Waals surface area contributed by atoms with Gasteiger partial charge < -0.3 is 30.3 Å². The summed E-state index contributed by atoms with van der Waals surface area (Å²) in [5.41, 5.74) is 12.3. The van der Waals surface area contributed by atoms with Crippen LogP contribution >= 0.6 is 104 Å². The molecule has 3 unspecified atom stereocenters. The number of aliphatic carboxylic acids is 2. The van der Waals surface area contributed by atoms with Gasteiger partial charge in [0.1, 0.15) is 64.7 Å². The van der Waals surface area contributed by atoms with E-state index in [1.807, 2.05) is 122 Å². The molecule has 2 aromatic heterocycles. The van der Waals surface area contributed by atoms with Crippen molar-refractivity contribution >= 4 is 155 Å². The molecule has 0 bridgehead atoms. The lowest BCUT2D eigenvalue weighted by Crippen LogP contribution is -2.28. The van der Waals surface area contributed by atoms with Gasteiger partial charge in [0.2, 0.25) is 0 Å². The van der Waals surface area contributed by atoms with E-state index in [9.17, 15) is 55.2 Å². The number of halogens is 12. The number of aryl methyl sites for hydroxylation is 3. The zero-order valence-corrected chi connectivity index (χ0v) is 76.7. The molecule has 23 nitrogen and oxygen atoms in total. The first-order valence-corrected chi connectivity index (χ1v) is 42.2. The molecular weight excluding hydrogens is 1850 g/mol. The number of phenolic OH excluding ortho intramolecular Hbond substituents is 2. The molecule has 9 aromatic carbocycles. The fourth-order valence-corrected chi connectivity index (χ4v) is 13.3. The van der Waals surface area contributed by atoms with Crippen LogP contribution in [0, 0.1) is 59.2 Å². The van der Waals surface area contributed by atoms with Crippen LogP contribution in [0.2, 0.25) is 45.2 Å². The van der Waals surface area contributed by atoms with E-state index in [2.05, 4.69) is 14.4 Å². The summed E-state index contributed by atoms with van der Waals surface area (Å²) in [5.74, 6) is -3.36. The average molecular weight is 1930 g/mol. The minimum Gasteiger partial charge on any atom is -0.506 e. The number of rotatable bonds is 22. The maximum absolute atomic E-state index is 12.7. The minimum absolute atomic E-state index is 0.0338. The highest BCUT2D eigenvalue weighted by atomic mass is 35.5. The summed E-state index contributed by atoms with van der Waals surface area (Å²) in [6.07, 6.45) is 1.63. The first kappa shape index (κ1) is 108. The quantitative estimate of drug-likeness (QED) is 0.0311. The number of carboxylic acids is 2. The first-order valence-electron chi connectivity index (χ1n) is 37.4. The number of ketones is 5. The number of hydrogen-bond acceptors (Lipinski definition) is 19. The lowest BCUT2D eigenvalue weighted by Gasteiger charge is -2.12. The Morgan fingerprint density at radius 2 is 0.803 bits per heavy atom. The van der Waals surface area contributed by atoms with E-state index in [1.54, 1.807) is 79.7 Å². The van der Waals surface area contributed by atoms with E-state index in [-0.39, 0.29) is 85.2 Å². The number of nitrogens with zero attached hydrogens (tertiary/aromatic N) is 8. The Kier molecular flexibility index (Phi) is 44.0. The molecule has 36 heteroatoms. The number of aromatic hydroxyl groups is 2. The van der Waals surface area contributed by atoms with Crippen molar-refractivity contribution in [2.75, 3.05) is 0 Å². The second-order valence-electron chi connectivity index (χ2n) is 27.6. The normalized spacial score (nSPS) is 11.1. The van der Waals surface area contributed by atoms with Crippen molar-refractivity contribution in [3.8, 4) is 52.9 Å². The number of carboxylic acid groups (broad SMARTS) is 2. The smallest absolute Gasteiger partial charge is 0.506 e. The van der Waals surface area contributed by atoms with Gasteiger partial charge in [-0.15, -0.1) is 0 Å². The fourth-order valence-electron chi connectivity index (χ4n) is 10.8. The molecule has 127 heavy (non-hydrogen) atoms. The number of nitrogens with two attached hydrogens (primary N) is 1. The molecule has 2 heterocycles. The Balaban J connectivity index is 0.000000310. The summed E-state index contributed by atoms with van der Waals surface area (Å²) in [4.78, 5) is 77.1. The van der Waals surface area contributed by atoms with Gasteiger partial charge in [-0.25, -0.2) is 9.36 Å². The van der Waals surface area contributed by atoms with Crippen LogP contribution in [0.15, 0.2) is 188 Å². The number of phenols is 2. The highest BCUT2D eigenvalue weighted by Gasteiger charge is 2.49. The van der Waals surface area contributed by atoms with Gasteiger partial charge >= 0.3 is 27.6 Å². The number of nitriles is 4.